The van der Waals surface area contributed by atoms with E-state index in [9.17, 15) is 9.59 Å². The smallest absolute Gasteiger partial charge is 0.308 e. The molecule has 0 bridgehead atoms. The molecule has 0 amide bonds. The van der Waals surface area contributed by atoms with E-state index in [0.29, 0.717) is 18.8 Å². The van der Waals surface area contributed by atoms with Gasteiger partial charge >= 0.3 is 11.9 Å². The van der Waals surface area contributed by atoms with Gasteiger partial charge in [0.15, 0.2) is 0 Å². The second-order valence-electron chi connectivity index (χ2n) is 18.2. The zero-order valence-corrected chi connectivity index (χ0v) is 38.7. The van der Waals surface area contributed by atoms with Gasteiger partial charge in [-0.3, -0.25) is 14.5 Å². The third-order valence-corrected chi connectivity index (χ3v) is 13.1. The Bertz CT molecular complexity index is 820. The first-order chi connectivity index (χ1) is 27.5. The molecular weight excluding hydrogens is 691 g/mol. The summed E-state index contributed by atoms with van der Waals surface area (Å²) in [5, 5.41) is 0. The van der Waals surface area contributed by atoms with Gasteiger partial charge in [0.25, 0.3) is 0 Å². The highest BCUT2D eigenvalue weighted by Gasteiger charge is 2.37. The predicted molar refractivity (Wildman–Crippen MR) is 242 cm³/mol. The summed E-state index contributed by atoms with van der Waals surface area (Å²) in [7, 11) is 0. The number of rotatable bonds is 41. The topological polar surface area (TPSA) is 55.8 Å². The number of piperidine rings is 1. The molecule has 1 fully saturated rings. The van der Waals surface area contributed by atoms with Crippen molar-refractivity contribution >= 4 is 11.9 Å². The van der Waals surface area contributed by atoms with Gasteiger partial charge in [0.05, 0.1) is 25.0 Å². The Morgan fingerprint density at radius 1 is 0.446 bits per heavy atom. The monoisotopic (exact) mass is 790 g/mol. The molecule has 0 aromatic rings. The van der Waals surface area contributed by atoms with Crippen molar-refractivity contribution in [3.63, 3.8) is 0 Å². The standard InChI is InChI=1S/C51H99NO4/c1-6-11-16-20-22-28-38-47(36-26-18-13-8-3)49(53)55-45-34-24-30-40-51(42-32-33-44-52(51)43-15-10-5)41-31-25-35-46-56-50(54)48(37-27-19-14-9-4)39-29-23-21-17-12-7-2/h47-48H,6-46H2,1-5H3. The number of nitrogens with zero attached hydrogens (tertiary/aromatic N) is 1. The summed E-state index contributed by atoms with van der Waals surface area (Å²) >= 11 is 0. The highest BCUT2D eigenvalue weighted by atomic mass is 16.5. The second-order valence-corrected chi connectivity index (χ2v) is 18.2. The van der Waals surface area contributed by atoms with E-state index in [1.165, 1.54) is 174 Å². The molecule has 1 aliphatic rings. The number of unbranched alkanes of at least 4 members (excludes halogenated alkanes) is 21. The van der Waals surface area contributed by atoms with E-state index in [1.54, 1.807) is 0 Å². The van der Waals surface area contributed by atoms with Gasteiger partial charge in [0.1, 0.15) is 0 Å². The fourth-order valence-electron chi connectivity index (χ4n) is 9.33. The van der Waals surface area contributed by atoms with Crippen LogP contribution in [0.1, 0.15) is 272 Å². The minimum atomic E-state index is 0.0792. The Labute approximate surface area is 350 Å². The molecule has 1 aliphatic heterocycles. The van der Waals surface area contributed by atoms with Crippen molar-refractivity contribution in [2.75, 3.05) is 26.3 Å². The highest BCUT2D eigenvalue weighted by Crippen LogP contribution is 2.38. The first-order valence-corrected chi connectivity index (χ1v) is 25.6. The zero-order chi connectivity index (χ0) is 40.8. The molecule has 0 radical (unpaired) electrons. The van der Waals surface area contributed by atoms with Crippen molar-refractivity contribution in [3.05, 3.63) is 0 Å². The van der Waals surface area contributed by atoms with Crippen LogP contribution >= 0.6 is 0 Å². The van der Waals surface area contributed by atoms with Crippen molar-refractivity contribution in [2.24, 2.45) is 11.8 Å². The second kappa shape index (κ2) is 38.1. The van der Waals surface area contributed by atoms with Crippen LogP contribution in [0.2, 0.25) is 0 Å². The van der Waals surface area contributed by atoms with E-state index in [2.05, 4.69) is 39.5 Å². The van der Waals surface area contributed by atoms with Gasteiger partial charge in [0, 0.05) is 5.54 Å². The normalized spacial score (nSPS) is 17.2. The maximum absolute atomic E-state index is 13.2. The van der Waals surface area contributed by atoms with E-state index >= 15 is 0 Å². The fraction of sp³-hybridized carbons (Fsp3) is 0.961. The molecule has 5 nitrogen and oxygen atoms in total. The Kier molecular flexibility index (Phi) is 36.0. The van der Waals surface area contributed by atoms with E-state index in [1.807, 2.05) is 0 Å². The van der Waals surface area contributed by atoms with Gasteiger partial charge in [-0.05, 0) is 96.6 Å². The van der Waals surface area contributed by atoms with Crippen LogP contribution in [0.5, 0.6) is 0 Å². The summed E-state index contributed by atoms with van der Waals surface area (Å²) in [6, 6.07) is 0. The lowest BCUT2D eigenvalue weighted by atomic mass is 9.78. The van der Waals surface area contributed by atoms with Gasteiger partial charge in [-0.2, -0.15) is 0 Å². The fourth-order valence-corrected chi connectivity index (χ4v) is 9.33. The molecule has 5 heteroatoms. The molecular formula is C51H99NO4. The lowest BCUT2D eigenvalue weighted by Crippen LogP contribution is -2.52. The van der Waals surface area contributed by atoms with Gasteiger partial charge in [-0.1, -0.05) is 189 Å². The number of likely N-dealkylation sites (tertiary alicyclic amines) is 1. The van der Waals surface area contributed by atoms with Crippen molar-refractivity contribution < 1.29 is 19.1 Å². The van der Waals surface area contributed by atoms with Crippen LogP contribution in [0.25, 0.3) is 0 Å². The molecule has 0 aliphatic carbocycles. The summed E-state index contributed by atoms with van der Waals surface area (Å²) in [6.45, 7) is 15.0. The number of ether oxygens (including phenoxy) is 2. The number of esters is 2. The van der Waals surface area contributed by atoms with E-state index < -0.39 is 0 Å². The summed E-state index contributed by atoms with van der Waals surface area (Å²) in [5.74, 6) is 0.355. The molecule has 1 heterocycles. The van der Waals surface area contributed by atoms with E-state index in [4.69, 9.17) is 9.47 Å². The van der Waals surface area contributed by atoms with Crippen molar-refractivity contribution in [3.8, 4) is 0 Å². The summed E-state index contributed by atoms with van der Waals surface area (Å²) in [4.78, 5) is 29.3. The number of carbonyl (C=O) groups excluding carboxylic acids is 2. The average Bonchev–Trinajstić information content (AvgIpc) is 3.21. The number of hydrogen-bond acceptors (Lipinski definition) is 5. The highest BCUT2D eigenvalue weighted by molar-refractivity contribution is 5.72. The van der Waals surface area contributed by atoms with Gasteiger partial charge in [-0.15, -0.1) is 0 Å². The van der Waals surface area contributed by atoms with Gasteiger partial charge in [-0.25, -0.2) is 0 Å². The van der Waals surface area contributed by atoms with Gasteiger partial charge < -0.3 is 9.47 Å². The number of carbonyl (C=O) groups is 2. The molecule has 0 aromatic heterocycles. The minimum Gasteiger partial charge on any atom is -0.465 e. The molecule has 56 heavy (non-hydrogen) atoms. The van der Waals surface area contributed by atoms with Crippen LogP contribution in [0.3, 0.4) is 0 Å². The van der Waals surface area contributed by atoms with Crippen LogP contribution in [-0.4, -0.2) is 48.7 Å². The third-order valence-electron chi connectivity index (χ3n) is 13.1. The number of hydrogen-bond donors (Lipinski definition) is 0. The first kappa shape index (κ1) is 52.9. The largest absolute Gasteiger partial charge is 0.465 e. The van der Waals surface area contributed by atoms with Crippen LogP contribution in [0, 0.1) is 11.8 Å². The Hall–Kier alpha value is -1.10. The molecule has 1 saturated heterocycles. The molecule has 2 unspecified atom stereocenters. The zero-order valence-electron chi connectivity index (χ0n) is 38.7. The van der Waals surface area contributed by atoms with E-state index in [-0.39, 0.29) is 23.8 Å². The van der Waals surface area contributed by atoms with Crippen LogP contribution in [0.4, 0.5) is 0 Å². The van der Waals surface area contributed by atoms with Crippen LogP contribution in [-0.2, 0) is 19.1 Å². The lowest BCUT2D eigenvalue weighted by Gasteiger charge is -2.48. The van der Waals surface area contributed by atoms with Crippen molar-refractivity contribution in [2.45, 2.75) is 278 Å². The Morgan fingerprint density at radius 2 is 0.804 bits per heavy atom. The van der Waals surface area contributed by atoms with Crippen molar-refractivity contribution in [1.29, 1.82) is 0 Å². The predicted octanol–water partition coefficient (Wildman–Crippen LogP) is 15.9. The average molecular weight is 790 g/mol. The summed E-state index contributed by atoms with van der Waals surface area (Å²) < 4.78 is 11.9. The third kappa shape index (κ3) is 26.8. The van der Waals surface area contributed by atoms with Gasteiger partial charge in [0.2, 0.25) is 0 Å². The first-order valence-electron chi connectivity index (χ1n) is 25.6. The molecule has 332 valence electrons. The molecule has 0 N–H and O–H groups in total. The molecule has 0 spiro atoms. The maximum atomic E-state index is 13.2. The SMILES string of the molecule is CCCCCCCCC(CCCCCC)C(=O)OCCCCCC1(CCCCCOC(=O)C(CCCCCC)CCCCCCCC)CCCCN1CCCC. The van der Waals surface area contributed by atoms with Crippen molar-refractivity contribution in [1.82, 2.24) is 4.90 Å². The molecule has 0 saturated carbocycles. The van der Waals surface area contributed by atoms with E-state index in [0.717, 1.165) is 77.0 Å². The van der Waals surface area contributed by atoms with Crippen LogP contribution < -0.4 is 0 Å². The quantitative estimate of drug-likeness (QED) is 0.0456. The molecule has 1 rings (SSSR count). The Balaban J connectivity index is 2.57. The summed E-state index contributed by atoms with van der Waals surface area (Å²) in [6.07, 6.45) is 44.9. The minimum absolute atomic E-state index is 0.0792. The molecule has 0 aromatic carbocycles. The summed E-state index contributed by atoms with van der Waals surface area (Å²) in [5.41, 5.74) is 0.308. The molecule has 2 atom stereocenters. The maximum Gasteiger partial charge on any atom is 0.308 e. The van der Waals surface area contributed by atoms with Crippen LogP contribution in [0.15, 0.2) is 0 Å². The Morgan fingerprint density at radius 3 is 1.21 bits per heavy atom. The lowest BCUT2D eigenvalue weighted by molar-refractivity contribution is -0.150.